The second-order valence-corrected chi connectivity index (χ2v) is 6.47. The molecule has 3 aromatic rings. The van der Waals surface area contributed by atoms with E-state index in [0.29, 0.717) is 0 Å². The highest BCUT2D eigenvalue weighted by Gasteiger charge is 2.35. The summed E-state index contributed by atoms with van der Waals surface area (Å²) in [6.07, 6.45) is 6.63. The minimum Gasteiger partial charge on any atom is -0.254 e. The lowest BCUT2D eigenvalue weighted by atomic mass is 9.91. The Hall–Kier alpha value is -4.28. The minimum atomic E-state index is 0.820. The maximum absolute atomic E-state index is 9.46. The number of benzene rings is 1. The van der Waals surface area contributed by atoms with Crippen molar-refractivity contribution in [3.63, 3.8) is 0 Å². The van der Waals surface area contributed by atoms with Gasteiger partial charge in [0.15, 0.2) is 0 Å². The monoisotopic (exact) mass is 356 g/mol. The average Bonchev–Trinajstić information content (AvgIpc) is 3.22. The maximum Gasteiger partial charge on any atom is 0.0971 e. The summed E-state index contributed by atoms with van der Waals surface area (Å²) in [7, 11) is 0. The first-order chi connectivity index (χ1) is 13.8. The molecule has 0 aliphatic heterocycles. The van der Waals surface area contributed by atoms with Crippen LogP contribution in [-0.4, -0.2) is 9.97 Å². The molecule has 2 aliphatic carbocycles. The van der Waals surface area contributed by atoms with Crippen LogP contribution in [0.5, 0.6) is 0 Å². The van der Waals surface area contributed by atoms with Gasteiger partial charge >= 0.3 is 0 Å². The maximum atomic E-state index is 9.46. The van der Waals surface area contributed by atoms with E-state index in [2.05, 4.69) is 22.1 Å². The van der Waals surface area contributed by atoms with Crippen LogP contribution in [0.4, 0.5) is 0 Å². The summed E-state index contributed by atoms with van der Waals surface area (Å²) >= 11 is 0. The van der Waals surface area contributed by atoms with Gasteiger partial charge in [0.05, 0.1) is 23.5 Å². The zero-order valence-electron chi connectivity index (χ0n) is 14.7. The van der Waals surface area contributed by atoms with Gasteiger partial charge in [0.2, 0.25) is 0 Å². The van der Waals surface area contributed by atoms with Crippen molar-refractivity contribution in [2.24, 2.45) is 0 Å². The molecule has 0 radical (unpaired) electrons. The topological polar surface area (TPSA) is 73.4 Å². The number of fused-ring (bicyclic) bond motifs is 4. The Balaban J connectivity index is 1.97. The smallest absolute Gasteiger partial charge is 0.0971 e. The molecule has 0 saturated heterocycles. The summed E-state index contributed by atoms with van der Waals surface area (Å²) in [5.74, 6) is 0. The summed E-state index contributed by atoms with van der Waals surface area (Å²) in [6, 6.07) is 20.0. The molecule has 1 aromatic carbocycles. The Morgan fingerprint density at radius 1 is 0.607 bits per heavy atom. The number of aromatic nitrogens is 2. The van der Waals surface area contributed by atoms with Crippen molar-refractivity contribution in [1.29, 1.82) is 10.5 Å². The molecule has 0 fully saturated rings. The SMILES string of the molecule is N#C/C=C1/C(=C2c3cccnc3-c3ncccc32)/C(=C/C#N)c2ccccc21. The number of nitrogens with zero attached hydrogens (tertiary/aromatic N) is 4. The predicted molar refractivity (Wildman–Crippen MR) is 107 cm³/mol. The zero-order chi connectivity index (χ0) is 19.1. The van der Waals surface area contributed by atoms with Crippen LogP contribution in [0.25, 0.3) is 28.1 Å². The summed E-state index contributed by atoms with van der Waals surface area (Å²) in [5.41, 5.74) is 8.97. The standard InChI is InChI=1S/C24H12N4/c25-11-9-17-15-5-1-2-6-16(15)18(10-12-26)21(17)22-19-7-3-13-27-23(19)24-20(22)8-4-14-28-24/h1-10,13-14H/b17-9+,18-10+. The van der Waals surface area contributed by atoms with Crippen LogP contribution < -0.4 is 0 Å². The normalized spacial score (nSPS) is 16.5. The van der Waals surface area contributed by atoms with Gasteiger partial charge in [-0.05, 0) is 23.3 Å². The molecule has 0 atom stereocenters. The molecule has 2 heterocycles. The molecule has 0 N–H and O–H groups in total. The van der Waals surface area contributed by atoms with E-state index in [0.717, 1.165) is 55.9 Å². The van der Waals surface area contributed by atoms with Crippen molar-refractivity contribution in [2.75, 3.05) is 0 Å². The highest BCUT2D eigenvalue weighted by Crippen LogP contribution is 2.53. The summed E-state index contributed by atoms with van der Waals surface area (Å²) < 4.78 is 0. The third-order valence-corrected chi connectivity index (χ3v) is 5.09. The third kappa shape index (κ3) is 2.09. The van der Waals surface area contributed by atoms with Gasteiger partial charge in [-0.15, -0.1) is 0 Å². The molecule has 0 amide bonds. The van der Waals surface area contributed by atoms with Crippen molar-refractivity contribution in [2.45, 2.75) is 0 Å². The van der Waals surface area contributed by atoms with Gasteiger partial charge < -0.3 is 0 Å². The van der Waals surface area contributed by atoms with Gasteiger partial charge in [-0.2, -0.15) is 10.5 Å². The number of nitriles is 2. The number of rotatable bonds is 0. The molecule has 28 heavy (non-hydrogen) atoms. The van der Waals surface area contributed by atoms with Crippen LogP contribution in [0, 0.1) is 22.7 Å². The van der Waals surface area contributed by atoms with Crippen LogP contribution >= 0.6 is 0 Å². The van der Waals surface area contributed by atoms with E-state index in [1.54, 1.807) is 24.5 Å². The molecule has 0 saturated carbocycles. The highest BCUT2D eigenvalue weighted by molar-refractivity contribution is 6.18. The molecule has 128 valence electrons. The molecule has 4 heteroatoms. The second-order valence-electron chi connectivity index (χ2n) is 6.47. The Labute approximate surface area is 162 Å². The largest absolute Gasteiger partial charge is 0.254 e. The summed E-state index contributed by atoms with van der Waals surface area (Å²) in [6.45, 7) is 0. The van der Waals surface area contributed by atoms with Gasteiger partial charge in [0.1, 0.15) is 0 Å². The molecule has 2 aliphatic rings. The highest BCUT2D eigenvalue weighted by atomic mass is 14.8. The van der Waals surface area contributed by atoms with Gasteiger partial charge in [0.25, 0.3) is 0 Å². The predicted octanol–water partition coefficient (Wildman–Crippen LogP) is 4.79. The van der Waals surface area contributed by atoms with Crippen LogP contribution in [0.1, 0.15) is 22.3 Å². The van der Waals surface area contributed by atoms with E-state index >= 15 is 0 Å². The van der Waals surface area contributed by atoms with Crippen LogP contribution in [0.3, 0.4) is 0 Å². The first kappa shape index (κ1) is 15.9. The first-order valence-corrected chi connectivity index (χ1v) is 8.80. The van der Waals surface area contributed by atoms with E-state index in [9.17, 15) is 10.5 Å². The van der Waals surface area contributed by atoms with Crippen LogP contribution in [0.2, 0.25) is 0 Å². The Morgan fingerprint density at radius 2 is 1.07 bits per heavy atom. The van der Waals surface area contributed by atoms with Crippen LogP contribution in [-0.2, 0) is 0 Å². The third-order valence-electron chi connectivity index (χ3n) is 5.09. The van der Waals surface area contributed by atoms with Crippen molar-refractivity contribution < 1.29 is 0 Å². The lowest BCUT2D eigenvalue weighted by molar-refractivity contribution is 1.26. The Morgan fingerprint density at radius 3 is 1.54 bits per heavy atom. The van der Waals surface area contributed by atoms with Gasteiger partial charge in [-0.3, -0.25) is 9.97 Å². The van der Waals surface area contributed by atoms with E-state index in [1.807, 2.05) is 48.5 Å². The summed E-state index contributed by atoms with van der Waals surface area (Å²) in [4.78, 5) is 9.10. The van der Waals surface area contributed by atoms with Crippen molar-refractivity contribution in [3.8, 4) is 23.5 Å². The average molecular weight is 356 g/mol. The quantitative estimate of drug-likeness (QED) is 0.425. The Kier molecular flexibility index (Phi) is 3.50. The molecule has 4 nitrogen and oxygen atoms in total. The molecule has 0 spiro atoms. The molecular formula is C24H12N4. The zero-order valence-corrected chi connectivity index (χ0v) is 14.7. The van der Waals surface area contributed by atoms with Crippen molar-refractivity contribution >= 4 is 16.7 Å². The number of allylic oxidation sites excluding steroid dienone is 5. The molecular weight excluding hydrogens is 344 g/mol. The Bertz CT molecular complexity index is 1230. The number of hydrogen-bond acceptors (Lipinski definition) is 4. The number of pyridine rings is 2. The lowest BCUT2D eigenvalue weighted by Gasteiger charge is -2.10. The molecule has 5 rings (SSSR count). The van der Waals surface area contributed by atoms with Gasteiger partial charge in [-0.1, -0.05) is 36.4 Å². The van der Waals surface area contributed by atoms with E-state index in [-0.39, 0.29) is 0 Å². The van der Waals surface area contributed by atoms with Crippen molar-refractivity contribution in [3.05, 3.63) is 101 Å². The lowest BCUT2D eigenvalue weighted by Crippen LogP contribution is -1.92. The fraction of sp³-hybridized carbons (Fsp3) is 0. The van der Waals surface area contributed by atoms with Crippen molar-refractivity contribution in [1.82, 2.24) is 9.97 Å². The number of hydrogen-bond donors (Lipinski definition) is 0. The fourth-order valence-corrected chi connectivity index (χ4v) is 4.07. The second kappa shape index (κ2) is 6.16. The fourth-order valence-electron chi connectivity index (χ4n) is 4.07. The van der Waals surface area contributed by atoms with Gasteiger partial charge in [-0.25, -0.2) is 0 Å². The van der Waals surface area contributed by atoms with E-state index < -0.39 is 0 Å². The van der Waals surface area contributed by atoms with E-state index in [1.165, 1.54) is 0 Å². The molecule has 2 aromatic heterocycles. The minimum absolute atomic E-state index is 0.820. The molecule has 0 unspecified atom stereocenters. The summed E-state index contributed by atoms with van der Waals surface area (Å²) in [5, 5.41) is 18.9. The first-order valence-electron chi connectivity index (χ1n) is 8.80. The molecule has 0 bridgehead atoms. The van der Waals surface area contributed by atoms with Crippen LogP contribution in [0.15, 0.2) is 78.6 Å². The van der Waals surface area contributed by atoms with E-state index in [4.69, 9.17) is 0 Å². The van der Waals surface area contributed by atoms with Gasteiger partial charge in [0, 0.05) is 58.0 Å².